The molecule has 1 aliphatic carbocycles. The van der Waals surface area contributed by atoms with E-state index in [1.165, 1.54) is 0 Å². The van der Waals surface area contributed by atoms with Crippen LogP contribution in [0.15, 0.2) is 60.7 Å². The van der Waals surface area contributed by atoms with Gasteiger partial charge in [0, 0.05) is 24.4 Å². The Morgan fingerprint density at radius 2 is 1.79 bits per heavy atom. The van der Waals surface area contributed by atoms with Gasteiger partial charge in [-0.2, -0.15) is 4.98 Å². The molecule has 0 amide bonds. The standard InChI is InChI=1S/C22H22N4O2/c1-23-20-14-19(16-6-3-2-4-7-16)25-21(26-20)24-18-10-8-17(9-11-18)22(28-15-27)12-5-13-22/h2-4,6-11,14-15H,5,12-13H2,1H3,(H2,23,24,25,26). The Morgan fingerprint density at radius 3 is 2.39 bits per heavy atom. The van der Waals surface area contributed by atoms with Crippen molar-refractivity contribution < 1.29 is 9.53 Å². The third-order valence-electron chi connectivity index (χ3n) is 5.15. The van der Waals surface area contributed by atoms with Crippen LogP contribution in [0.2, 0.25) is 0 Å². The lowest BCUT2D eigenvalue weighted by Crippen LogP contribution is -2.36. The molecule has 28 heavy (non-hydrogen) atoms. The average molecular weight is 374 g/mol. The van der Waals surface area contributed by atoms with Crippen LogP contribution >= 0.6 is 0 Å². The van der Waals surface area contributed by atoms with Crippen LogP contribution in [0.25, 0.3) is 11.3 Å². The molecule has 0 radical (unpaired) electrons. The van der Waals surface area contributed by atoms with Crippen molar-refractivity contribution in [1.82, 2.24) is 9.97 Å². The highest BCUT2D eigenvalue weighted by molar-refractivity contribution is 5.66. The Balaban J connectivity index is 1.58. The van der Waals surface area contributed by atoms with Crippen LogP contribution in [-0.2, 0) is 15.1 Å². The molecule has 6 nitrogen and oxygen atoms in total. The van der Waals surface area contributed by atoms with Gasteiger partial charge in [-0.15, -0.1) is 0 Å². The molecule has 1 fully saturated rings. The summed E-state index contributed by atoms with van der Waals surface area (Å²) in [7, 11) is 1.83. The second kappa shape index (κ2) is 7.68. The van der Waals surface area contributed by atoms with Gasteiger partial charge in [0.25, 0.3) is 6.47 Å². The Hall–Kier alpha value is -3.41. The minimum absolute atomic E-state index is 0.455. The highest BCUT2D eigenvalue weighted by atomic mass is 16.5. The number of rotatable bonds is 7. The van der Waals surface area contributed by atoms with Crippen molar-refractivity contribution in [2.24, 2.45) is 0 Å². The van der Waals surface area contributed by atoms with Crippen LogP contribution in [0.3, 0.4) is 0 Å². The summed E-state index contributed by atoms with van der Waals surface area (Å²) in [5.41, 5.74) is 3.30. The zero-order valence-electron chi connectivity index (χ0n) is 15.7. The van der Waals surface area contributed by atoms with E-state index in [9.17, 15) is 4.79 Å². The van der Waals surface area contributed by atoms with Crippen molar-refractivity contribution in [3.05, 3.63) is 66.2 Å². The maximum Gasteiger partial charge on any atom is 0.293 e. The number of nitrogens with zero attached hydrogens (tertiary/aromatic N) is 2. The van der Waals surface area contributed by atoms with Crippen molar-refractivity contribution in [3.63, 3.8) is 0 Å². The molecule has 0 spiro atoms. The summed E-state index contributed by atoms with van der Waals surface area (Å²) in [6.07, 6.45) is 2.80. The first-order valence-electron chi connectivity index (χ1n) is 9.34. The first-order chi connectivity index (χ1) is 13.7. The lowest BCUT2D eigenvalue weighted by atomic mass is 9.75. The van der Waals surface area contributed by atoms with Crippen LogP contribution in [0, 0.1) is 0 Å². The first kappa shape index (κ1) is 18.0. The molecule has 0 bridgehead atoms. The fourth-order valence-corrected chi connectivity index (χ4v) is 3.44. The monoisotopic (exact) mass is 374 g/mol. The highest BCUT2D eigenvalue weighted by Gasteiger charge is 2.40. The van der Waals surface area contributed by atoms with Gasteiger partial charge < -0.3 is 15.4 Å². The van der Waals surface area contributed by atoms with E-state index in [1.807, 2.05) is 67.7 Å². The van der Waals surface area contributed by atoms with Crippen molar-refractivity contribution in [2.75, 3.05) is 17.7 Å². The van der Waals surface area contributed by atoms with Gasteiger partial charge in [0.05, 0.1) is 5.69 Å². The summed E-state index contributed by atoms with van der Waals surface area (Å²) in [6, 6.07) is 19.8. The van der Waals surface area contributed by atoms with E-state index in [1.54, 1.807) is 0 Å². The number of carbonyl (C=O) groups is 1. The fraction of sp³-hybridized carbons (Fsp3) is 0.227. The molecule has 1 aromatic heterocycles. The van der Waals surface area contributed by atoms with Gasteiger partial charge in [0.1, 0.15) is 11.4 Å². The van der Waals surface area contributed by atoms with Crippen molar-refractivity contribution >= 4 is 23.9 Å². The second-order valence-corrected chi connectivity index (χ2v) is 6.84. The zero-order chi connectivity index (χ0) is 19.4. The van der Waals surface area contributed by atoms with Crippen molar-refractivity contribution in [1.29, 1.82) is 0 Å². The summed E-state index contributed by atoms with van der Waals surface area (Å²) in [4.78, 5) is 20.0. The molecule has 1 aliphatic rings. The largest absolute Gasteiger partial charge is 0.456 e. The normalized spacial score (nSPS) is 14.6. The lowest BCUT2D eigenvalue weighted by Gasteiger charge is -2.40. The Morgan fingerprint density at radius 1 is 1.04 bits per heavy atom. The Labute approximate surface area is 164 Å². The molecule has 1 heterocycles. The number of hydrogen-bond donors (Lipinski definition) is 2. The summed E-state index contributed by atoms with van der Waals surface area (Å²) in [5.74, 6) is 1.25. The van der Waals surface area contributed by atoms with Gasteiger partial charge in [0.15, 0.2) is 0 Å². The average Bonchev–Trinajstić information content (AvgIpc) is 2.72. The minimum atomic E-state index is -0.455. The molecule has 2 N–H and O–H groups in total. The number of carbonyl (C=O) groups excluding carboxylic acids is 1. The number of anilines is 3. The van der Waals surface area contributed by atoms with Crippen LogP contribution in [0.5, 0.6) is 0 Å². The number of hydrogen-bond acceptors (Lipinski definition) is 6. The third kappa shape index (κ3) is 3.53. The molecule has 0 unspecified atom stereocenters. The van der Waals surface area contributed by atoms with E-state index < -0.39 is 5.60 Å². The van der Waals surface area contributed by atoms with Gasteiger partial charge in [-0.25, -0.2) is 4.98 Å². The molecule has 4 rings (SSSR count). The third-order valence-corrected chi connectivity index (χ3v) is 5.15. The maximum atomic E-state index is 10.8. The van der Waals surface area contributed by atoms with Gasteiger partial charge in [-0.1, -0.05) is 42.5 Å². The highest BCUT2D eigenvalue weighted by Crippen LogP contribution is 2.44. The minimum Gasteiger partial charge on any atom is -0.456 e. The van der Waals surface area contributed by atoms with E-state index in [2.05, 4.69) is 20.6 Å². The van der Waals surface area contributed by atoms with Crippen LogP contribution in [-0.4, -0.2) is 23.5 Å². The molecule has 0 saturated heterocycles. The molecule has 142 valence electrons. The van der Waals surface area contributed by atoms with E-state index in [4.69, 9.17) is 4.74 Å². The van der Waals surface area contributed by atoms with E-state index >= 15 is 0 Å². The molecule has 0 atom stereocenters. The SMILES string of the molecule is CNc1cc(-c2ccccc2)nc(Nc2ccc(C3(OC=O)CCC3)cc2)n1. The zero-order valence-corrected chi connectivity index (χ0v) is 15.7. The van der Waals surface area contributed by atoms with Crippen LogP contribution in [0.4, 0.5) is 17.5 Å². The Bertz CT molecular complexity index is 954. The summed E-state index contributed by atoms with van der Waals surface area (Å²) >= 11 is 0. The molecule has 1 saturated carbocycles. The van der Waals surface area contributed by atoms with Gasteiger partial charge in [-0.3, -0.25) is 4.79 Å². The van der Waals surface area contributed by atoms with Crippen molar-refractivity contribution in [3.8, 4) is 11.3 Å². The number of ether oxygens (including phenoxy) is 1. The van der Waals surface area contributed by atoms with E-state index in [0.717, 1.165) is 47.6 Å². The number of nitrogens with one attached hydrogen (secondary N) is 2. The first-order valence-corrected chi connectivity index (χ1v) is 9.34. The van der Waals surface area contributed by atoms with E-state index in [-0.39, 0.29) is 0 Å². The Kier molecular flexibility index (Phi) is 4.93. The summed E-state index contributed by atoms with van der Waals surface area (Å²) in [6.45, 7) is 0.549. The summed E-state index contributed by atoms with van der Waals surface area (Å²) < 4.78 is 5.37. The lowest BCUT2D eigenvalue weighted by molar-refractivity contribution is -0.155. The molecular weight excluding hydrogens is 352 g/mol. The van der Waals surface area contributed by atoms with Crippen LogP contribution < -0.4 is 10.6 Å². The predicted molar refractivity (Wildman–Crippen MR) is 109 cm³/mol. The molecule has 3 aromatic rings. The molecular formula is C22H22N4O2. The second-order valence-electron chi connectivity index (χ2n) is 6.84. The smallest absolute Gasteiger partial charge is 0.293 e. The number of aromatic nitrogens is 2. The maximum absolute atomic E-state index is 10.8. The molecule has 6 heteroatoms. The van der Waals surface area contributed by atoms with Crippen molar-refractivity contribution in [2.45, 2.75) is 24.9 Å². The van der Waals surface area contributed by atoms with Gasteiger partial charge >= 0.3 is 0 Å². The fourth-order valence-electron chi connectivity index (χ4n) is 3.44. The van der Waals surface area contributed by atoms with Gasteiger partial charge in [0.2, 0.25) is 5.95 Å². The summed E-state index contributed by atoms with van der Waals surface area (Å²) in [5, 5.41) is 6.34. The predicted octanol–water partition coefficient (Wildman–Crippen LogP) is 4.48. The van der Waals surface area contributed by atoms with E-state index in [0.29, 0.717) is 12.4 Å². The van der Waals surface area contributed by atoms with Gasteiger partial charge in [-0.05, 0) is 37.0 Å². The topological polar surface area (TPSA) is 76.1 Å². The molecule has 2 aromatic carbocycles. The number of benzene rings is 2. The molecule has 0 aliphatic heterocycles. The quantitative estimate of drug-likeness (QED) is 0.594. The van der Waals surface area contributed by atoms with Crippen LogP contribution in [0.1, 0.15) is 24.8 Å².